The molecular weight excluding hydrogens is 334 g/mol. The molecule has 27 heavy (non-hydrogen) atoms. The molecule has 3 atom stereocenters. The Balaban J connectivity index is 2.03. The fraction of sp³-hybridized carbons (Fsp3) is 0.375. The van der Waals surface area contributed by atoms with Crippen LogP contribution in [0.25, 0.3) is 22.0 Å². The molecule has 0 bridgehead atoms. The van der Waals surface area contributed by atoms with Gasteiger partial charge in [0, 0.05) is 17.1 Å². The van der Waals surface area contributed by atoms with Crippen molar-refractivity contribution in [3.05, 3.63) is 65.4 Å². The van der Waals surface area contributed by atoms with E-state index in [2.05, 4.69) is 57.2 Å². The third kappa shape index (κ3) is 4.55. The van der Waals surface area contributed by atoms with Gasteiger partial charge in [0.2, 0.25) is 0 Å². The minimum absolute atomic E-state index is 0.0156. The third-order valence-corrected chi connectivity index (χ3v) is 4.95. The van der Waals surface area contributed by atoms with Crippen LogP contribution in [-0.2, 0) is 4.74 Å². The van der Waals surface area contributed by atoms with E-state index in [-0.39, 0.29) is 18.3 Å². The molecule has 0 spiro atoms. The normalized spacial score (nSPS) is 14.9. The van der Waals surface area contributed by atoms with Gasteiger partial charge in [0.05, 0.1) is 24.0 Å². The van der Waals surface area contributed by atoms with E-state index in [0.717, 1.165) is 16.6 Å². The molecular formula is C24H29NO2. The van der Waals surface area contributed by atoms with Gasteiger partial charge < -0.3 is 9.84 Å². The lowest BCUT2D eigenvalue weighted by Crippen LogP contribution is -2.18. The van der Waals surface area contributed by atoms with Crippen molar-refractivity contribution in [3.63, 3.8) is 0 Å². The number of aromatic nitrogens is 1. The zero-order valence-electron chi connectivity index (χ0n) is 16.9. The molecule has 0 aliphatic heterocycles. The van der Waals surface area contributed by atoms with Gasteiger partial charge in [0.15, 0.2) is 0 Å². The number of aryl methyl sites for hydroxylation is 2. The highest BCUT2D eigenvalue weighted by atomic mass is 16.5. The van der Waals surface area contributed by atoms with Gasteiger partial charge in [-0.05, 0) is 69.7 Å². The fourth-order valence-electron chi connectivity index (χ4n) is 3.91. The van der Waals surface area contributed by atoms with Crippen molar-refractivity contribution in [2.45, 2.75) is 59.4 Å². The molecule has 3 aromatic rings. The summed E-state index contributed by atoms with van der Waals surface area (Å²) in [5.74, 6) is 0. The Morgan fingerprint density at radius 2 is 1.70 bits per heavy atom. The molecule has 0 fully saturated rings. The molecule has 3 rings (SSSR count). The molecule has 2 unspecified atom stereocenters. The Kier molecular flexibility index (Phi) is 5.93. The third-order valence-electron chi connectivity index (χ3n) is 4.95. The van der Waals surface area contributed by atoms with Crippen molar-refractivity contribution in [1.82, 2.24) is 4.98 Å². The van der Waals surface area contributed by atoms with Crippen molar-refractivity contribution in [1.29, 1.82) is 0 Å². The topological polar surface area (TPSA) is 42.4 Å². The predicted molar refractivity (Wildman–Crippen MR) is 112 cm³/mol. The first kappa shape index (κ1) is 19.5. The Morgan fingerprint density at radius 3 is 2.41 bits per heavy atom. The highest BCUT2D eigenvalue weighted by Gasteiger charge is 2.20. The molecule has 1 N–H and O–H groups in total. The number of hydrogen-bond donors (Lipinski definition) is 1. The van der Waals surface area contributed by atoms with Crippen molar-refractivity contribution >= 4 is 10.8 Å². The Bertz CT molecular complexity index is 933. The van der Waals surface area contributed by atoms with Gasteiger partial charge in [-0.3, -0.25) is 4.98 Å². The van der Waals surface area contributed by atoms with Gasteiger partial charge >= 0.3 is 0 Å². The van der Waals surface area contributed by atoms with Crippen molar-refractivity contribution < 1.29 is 9.84 Å². The highest BCUT2D eigenvalue weighted by Crippen LogP contribution is 2.34. The molecule has 2 aromatic carbocycles. The maximum atomic E-state index is 9.64. The quantitative estimate of drug-likeness (QED) is 0.606. The number of aliphatic hydroxyl groups is 1. The van der Waals surface area contributed by atoms with E-state index < -0.39 is 0 Å². The number of rotatable bonds is 6. The average Bonchev–Trinajstić information content (AvgIpc) is 2.59. The molecule has 0 aliphatic carbocycles. The summed E-state index contributed by atoms with van der Waals surface area (Å²) in [5.41, 5.74) is 5.67. The maximum Gasteiger partial charge on any atom is 0.0809 e. The number of hydrogen-bond acceptors (Lipinski definition) is 3. The SMILES string of the molecule is Cc1cc(C)c([C@H](C)OC(C)CC(C)O)c(-c2cc3ccccc3cn2)c1. The zero-order chi connectivity index (χ0) is 19.6. The summed E-state index contributed by atoms with van der Waals surface area (Å²) in [6, 6.07) is 14.8. The van der Waals surface area contributed by atoms with Crippen molar-refractivity contribution in [2.24, 2.45) is 0 Å². The van der Waals surface area contributed by atoms with Gasteiger partial charge in [0.25, 0.3) is 0 Å². The van der Waals surface area contributed by atoms with E-state index in [4.69, 9.17) is 9.72 Å². The second-order valence-corrected chi connectivity index (χ2v) is 7.63. The van der Waals surface area contributed by atoms with Crippen LogP contribution in [0.4, 0.5) is 0 Å². The highest BCUT2D eigenvalue weighted by molar-refractivity contribution is 5.85. The van der Waals surface area contributed by atoms with Crippen molar-refractivity contribution in [3.8, 4) is 11.3 Å². The smallest absolute Gasteiger partial charge is 0.0809 e. The monoisotopic (exact) mass is 363 g/mol. The molecule has 0 amide bonds. The zero-order valence-corrected chi connectivity index (χ0v) is 16.9. The van der Waals surface area contributed by atoms with Crippen LogP contribution in [0.5, 0.6) is 0 Å². The average molecular weight is 364 g/mol. The first-order chi connectivity index (χ1) is 12.8. The summed E-state index contributed by atoms with van der Waals surface area (Å²) >= 11 is 0. The summed E-state index contributed by atoms with van der Waals surface area (Å²) in [6.45, 7) is 10.1. The Hall–Kier alpha value is -2.23. The standard InChI is InChI=1S/C24H29NO2/c1-15-10-16(2)24(19(5)27-18(4)12-17(3)26)22(11-15)23-13-20-8-6-7-9-21(20)14-25-23/h6-11,13-14,17-19,26H,12H2,1-5H3/t17?,18?,19-/m0/s1. The van der Waals surface area contributed by atoms with E-state index >= 15 is 0 Å². The number of ether oxygens (including phenoxy) is 1. The fourth-order valence-corrected chi connectivity index (χ4v) is 3.91. The van der Waals surface area contributed by atoms with E-state index in [0.29, 0.717) is 6.42 Å². The number of nitrogens with zero attached hydrogens (tertiary/aromatic N) is 1. The van der Waals surface area contributed by atoms with Crippen LogP contribution in [-0.4, -0.2) is 22.3 Å². The minimum atomic E-state index is -0.368. The Labute approximate surface area is 162 Å². The van der Waals surface area contributed by atoms with Gasteiger partial charge in [-0.2, -0.15) is 0 Å². The number of pyridine rings is 1. The molecule has 0 saturated heterocycles. The maximum absolute atomic E-state index is 9.64. The van der Waals surface area contributed by atoms with E-state index in [1.807, 2.05) is 19.2 Å². The molecule has 142 valence electrons. The molecule has 0 aliphatic rings. The van der Waals surface area contributed by atoms with E-state index in [1.54, 1.807) is 6.92 Å². The molecule has 3 heteroatoms. The van der Waals surface area contributed by atoms with Gasteiger partial charge in [-0.1, -0.05) is 35.9 Å². The largest absolute Gasteiger partial charge is 0.393 e. The minimum Gasteiger partial charge on any atom is -0.393 e. The first-order valence-corrected chi connectivity index (χ1v) is 9.65. The van der Waals surface area contributed by atoms with E-state index in [9.17, 15) is 5.11 Å². The van der Waals surface area contributed by atoms with Crippen LogP contribution in [0.2, 0.25) is 0 Å². The lowest BCUT2D eigenvalue weighted by atomic mass is 9.92. The molecule has 0 radical (unpaired) electrons. The predicted octanol–water partition coefficient (Wildman–Crippen LogP) is 5.76. The second kappa shape index (κ2) is 8.20. The summed E-state index contributed by atoms with van der Waals surface area (Å²) < 4.78 is 6.23. The lowest BCUT2D eigenvalue weighted by molar-refractivity contribution is -0.0167. The molecule has 0 saturated carbocycles. The van der Waals surface area contributed by atoms with Crippen LogP contribution < -0.4 is 0 Å². The molecule has 1 aromatic heterocycles. The van der Waals surface area contributed by atoms with Gasteiger partial charge in [0.1, 0.15) is 0 Å². The van der Waals surface area contributed by atoms with Crippen molar-refractivity contribution in [2.75, 3.05) is 0 Å². The van der Waals surface area contributed by atoms with Crippen LogP contribution in [0, 0.1) is 13.8 Å². The summed E-state index contributed by atoms with van der Waals surface area (Å²) in [4.78, 5) is 4.73. The summed E-state index contributed by atoms with van der Waals surface area (Å²) in [6.07, 6.45) is 2.10. The molecule has 1 heterocycles. The summed E-state index contributed by atoms with van der Waals surface area (Å²) in [5, 5.41) is 12.0. The van der Waals surface area contributed by atoms with Gasteiger partial charge in [-0.15, -0.1) is 0 Å². The number of aliphatic hydroxyl groups excluding tert-OH is 1. The molecule has 3 nitrogen and oxygen atoms in total. The number of benzene rings is 2. The summed E-state index contributed by atoms with van der Waals surface area (Å²) in [7, 11) is 0. The second-order valence-electron chi connectivity index (χ2n) is 7.63. The Morgan fingerprint density at radius 1 is 1.00 bits per heavy atom. The lowest BCUT2D eigenvalue weighted by Gasteiger charge is -2.24. The van der Waals surface area contributed by atoms with Crippen LogP contribution in [0.1, 0.15) is 50.0 Å². The van der Waals surface area contributed by atoms with Gasteiger partial charge in [-0.25, -0.2) is 0 Å². The van der Waals surface area contributed by atoms with Crippen LogP contribution in [0.3, 0.4) is 0 Å². The first-order valence-electron chi connectivity index (χ1n) is 9.65. The number of fused-ring (bicyclic) bond motifs is 1. The van der Waals surface area contributed by atoms with Crippen LogP contribution in [0.15, 0.2) is 48.7 Å². The van der Waals surface area contributed by atoms with E-state index in [1.165, 1.54) is 22.1 Å². The van der Waals surface area contributed by atoms with Crippen LogP contribution >= 0.6 is 0 Å².